The Morgan fingerprint density at radius 3 is 2.91 bits per heavy atom. The van der Waals surface area contributed by atoms with Crippen molar-refractivity contribution in [3.05, 3.63) is 53.9 Å². The molecule has 110 valence electrons. The van der Waals surface area contributed by atoms with Gasteiger partial charge in [0.05, 0.1) is 5.69 Å². The lowest BCUT2D eigenvalue weighted by atomic mass is 9.97. The van der Waals surface area contributed by atoms with E-state index in [9.17, 15) is 8.78 Å². The van der Waals surface area contributed by atoms with E-state index in [0.717, 1.165) is 5.57 Å². The second-order valence-corrected chi connectivity index (χ2v) is 4.97. The highest BCUT2D eigenvalue weighted by Crippen LogP contribution is 2.32. The van der Waals surface area contributed by atoms with Crippen LogP contribution in [-0.4, -0.2) is 20.9 Å². The first-order chi connectivity index (χ1) is 10.6. The minimum Gasteiger partial charge on any atom is -0.275 e. The molecule has 0 saturated heterocycles. The molecule has 0 saturated carbocycles. The van der Waals surface area contributed by atoms with Crippen LogP contribution in [0.3, 0.4) is 0 Å². The lowest BCUT2D eigenvalue weighted by molar-refractivity contribution is 0.402. The number of halogens is 2. The summed E-state index contributed by atoms with van der Waals surface area (Å²) in [6.07, 6.45) is 7.16. The molecule has 2 aromatic heterocycles. The first kappa shape index (κ1) is 14.1. The van der Waals surface area contributed by atoms with Crippen molar-refractivity contribution in [1.29, 1.82) is 5.26 Å². The molecule has 0 bridgehead atoms. The SMILES string of the molecule is Cn1cc(-c2ccnc(C#N)c2F)c(C2=CCC(F)C=C2)n1. The zero-order valence-corrected chi connectivity index (χ0v) is 11.8. The van der Waals surface area contributed by atoms with Gasteiger partial charge in [-0.3, -0.25) is 4.68 Å². The molecule has 1 atom stereocenters. The number of aromatic nitrogens is 3. The Kier molecular flexibility index (Phi) is 3.55. The van der Waals surface area contributed by atoms with Gasteiger partial charge in [0.25, 0.3) is 0 Å². The van der Waals surface area contributed by atoms with E-state index in [1.807, 2.05) is 0 Å². The van der Waals surface area contributed by atoms with Gasteiger partial charge < -0.3 is 0 Å². The monoisotopic (exact) mass is 298 g/mol. The van der Waals surface area contributed by atoms with Gasteiger partial charge in [-0.15, -0.1) is 0 Å². The van der Waals surface area contributed by atoms with E-state index in [-0.39, 0.29) is 17.7 Å². The molecule has 2 heterocycles. The summed E-state index contributed by atoms with van der Waals surface area (Å²) in [6, 6.07) is 3.23. The van der Waals surface area contributed by atoms with E-state index < -0.39 is 12.0 Å². The van der Waals surface area contributed by atoms with Gasteiger partial charge in [-0.05, 0) is 17.7 Å². The molecule has 6 heteroatoms. The van der Waals surface area contributed by atoms with Crippen LogP contribution in [0, 0.1) is 17.1 Å². The highest BCUT2D eigenvalue weighted by molar-refractivity contribution is 5.84. The summed E-state index contributed by atoms with van der Waals surface area (Å²) in [4.78, 5) is 3.70. The van der Waals surface area contributed by atoms with Crippen molar-refractivity contribution in [2.45, 2.75) is 12.6 Å². The number of aryl methyl sites for hydroxylation is 1. The summed E-state index contributed by atoms with van der Waals surface area (Å²) < 4.78 is 29.1. The molecule has 1 unspecified atom stereocenters. The van der Waals surface area contributed by atoms with Gasteiger partial charge in [0.2, 0.25) is 0 Å². The van der Waals surface area contributed by atoms with Crippen molar-refractivity contribution in [2.75, 3.05) is 0 Å². The second kappa shape index (κ2) is 5.53. The quantitative estimate of drug-likeness (QED) is 0.855. The minimum atomic E-state index is -1.00. The van der Waals surface area contributed by atoms with Crippen LogP contribution >= 0.6 is 0 Å². The fraction of sp³-hybridized carbons (Fsp3) is 0.188. The largest absolute Gasteiger partial charge is 0.275 e. The van der Waals surface area contributed by atoms with Gasteiger partial charge in [0.15, 0.2) is 11.5 Å². The van der Waals surface area contributed by atoms with Crippen molar-refractivity contribution in [2.24, 2.45) is 7.05 Å². The van der Waals surface area contributed by atoms with Gasteiger partial charge in [-0.25, -0.2) is 13.8 Å². The van der Waals surface area contributed by atoms with E-state index in [2.05, 4.69) is 10.1 Å². The van der Waals surface area contributed by atoms with E-state index in [4.69, 9.17) is 5.26 Å². The molecule has 0 aromatic carbocycles. The van der Waals surface area contributed by atoms with Gasteiger partial charge in [0, 0.05) is 37.0 Å². The highest BCUT2D eigenvalue weighted by Gasteiger charge is 2.20. The Morgan fingerprint density at radius 2 is 2.23 bits per heavy atom. The summed E-state index contributed by atoms with van der Waals surface area (Å²) >= 11 is 0. The molecule has 0 spiro atoms. The van der Waals surface area contributed by atoms with Crippen molar-refractivity contribution in [1.82, 2.24) is 14.8 Å². The molecule has 0 fully saturated rings. The van der Waals surface area contributed by atoms with Crippen LogP contribution < -0.4 is 0 Å². The Morgan fingerprint density at radius 1 is 1.41 bits per heavy atom. The lowest BCUT2D eigenvalue weighted by Gasteiger charge is -2.10. The van der Waals surface area contributed by atoms with Crippen molar-refractivity contribution in [3.8, 4) is 17.2 Å². The smallest absolute Gasteiger partial charge is 0.176 e. The zero-order valence-electron chi connectivity index (χ0n) is 11.8. The number of allylic oxidation sites excluding steroid dienone is 4. The Hall–Kier alpha value is -2.81. The van der Waals surface area contributed by atoms with E-state index in [0.29, 0.717) is 11.3 Å². The maximum Gasteiger partial charge on any atom is 0.176 e. The molecule has 0 aliphatic heterocycles. The topological polar surface area (TPSA) is 54.5 Å². The molecule has 2 aromatic rings. The lowest BCUT2D eigenvalue weighted by Crippen LogP contribution is -2.00. The first-order valence-corrected chi connectivity index (χ1v) is 6.71. The number of hydrogen-bond donors (Lipinski definition) is 0. The number of alkyl halides is 1. The minimum absolute atomic E-state index is 0.256. The van der Waals surface area contributed by atoms with Crippen LogP contribution in [0.15, 0.2) is 36.7 Å². The summed E-state index contributed by atoms with van der Waals surface area (Å²) in [6.45, 7) is 0. The van der Waals surface area contributed by atoms with Crippen LogP contribution in [0.1, 0.15) is 17.8 Å². The number of rotatable bonds is 2. The molecule has 1 aliphatic rings. The molecular formula is C16H12F2N4. The van der Waals surface area contributed by atoms with Crippen LogP contribution in [0.5, 0.6) is 0 Å². The van der Waals surface area contributed by atoms with Gasteiger partial charge in [-0.2, -0.15) is 10.4 Å². The maximum atomic E-state index is 14.4. The second-order valence-electron chi connectivity index (χ2n) is 4.97. The number of nitriles is 1. The average molecular weight is 298 g/mol. The summed E-state index contributed by atoms with van der Waals surface area (Å²) in [5.41, 5.74) is 1.83. The summed E-state index contributed by atoms with van der Waals surface area (Å²) in [5.74, 6) is -0.678. The van der Waals surface area contributed by atoms with E-state index in [1.165, 1.54) is 18.3 Å². The maximum absolute atomic E-state index is 14.4. The Bertz CT molecular complexity index is 827. The molecule has 3 rings (SSSR count). The van der Waals surface area contributed by atoms with Crippen LogP contribution in [0.4, 0.5) is 8.78 Å². The van der Waals surface area contributed by atoms with E-state index >= 15 is 0 Å². The third kappa shape index (κ3) is 2.42. The number of nitrogens with zero attached hydrogens (tertiary/aromatic N) is 4. The molecule has 0 amide bonds. The summed E-state index contributed by atoms with van der Waals surface area (Å²) in [5, 5.41) is 13.2. The van der Waals surface area contributed by atoms with Crippen molar-refractivity contribution in [3.63, 3.8) is 0 Å². The molecule has 0 radical (unpaired) electrons. The molecule has 1 aliphatic carbocycles. The normalized spacial score (nSPS) is 17.2. The number of pyridine rings is 1. The molecule has 0 N–H and O–H groups in total. The van der Waals surface area contributed by atoms with Crippen molar-refractivity contribution < 1.29 is 8.78 Å². The predicted molar refractivity (Wildman–Crippen MR) is 77.7 cm³/mol. The fourth-order valence-corrected chi connectivity index (χ4v) is 2.40. The van der Waals surface area contributed by atoms with Gasteiger partial charge in [0.1, 0.15) is 12.2 Å². The summed E-state index contributed by atoms with van der Waals surface area (Å²) in [7, 11) is 1.72. The molecular weight excluding hydrogens is 286 g/mol. The van der Waals surface area contributed by atoms with Crippen molar-refractivity contribution >= 4 is 5.57 Å². The standard InChI is InChI=1S/C16H12F2N4/c1-22-9-13(12-6-7-20-14(8-19)15(12)18)16(21-22)10-2-4-11(17)5-3-10/h2-4,6-7,9,11H,5H2,1H3. The third-order valence-corrected chi connectivity index (χ3v) is 3.44. The van der Waals surface area contributed by atoms with Gasteiger partial charge >= 0.3 is 0 Å². The Labute approximate surface area is 126 Å². The third-order valence-electron chi connectivity index (χ3n) is 3.44. The fourth-order valence-electron chi connectivity index (χ4n) is 2.40. The first-order valence-electron chi connectivity index (χ1n) is 6.71. The van der Waals surface area contributed by atoms with Gasteiger partial charge in [-0.1, -0.05) is 12.2 Å². The predicted octanol–water partition coefficient (Wildman–Crippen LogP) is 3.17. The molecule has 22 heavy (non-hydrogen) atoms. The average Bonchev–Trinajstić information content (AvgIpc) is 2.90. The zero-order chi connectivity index (χ0) is 15.7. The highest BCUT2D eigenvalue weighted by atomic mass is 19.1. The van der Waals surface area contributed by atoms with Crippen LogP contribution in [0.25, 0.3) is 16.7 Å². The van der Waals surface area contributed by atoms with E-state index in [1.54, 1.807) is 36.1 Å². The van der Waals surface area contributed by atoms with Crippen LogP contribution in [-0.2, 0) is 7.05 Å². The number of hydrogen-bond acceptors (Lipinski definition) is 3. The molecule has 4 nitrogen and oxygen atoms in total. The van der Waals surface area contributed by atoms with Crippen LogP contribution in [0.2, 0.25) is 0 Å². The Balaban J connectivity index is 2.14.